The molecule has 31 heavy (non-hydrogen) atoms. The molecule has 6 nitrogen and oxygen atoms in total. The number of hydrogen-bond acceptors (Lipinski definition) is 4. The predicted octanol–water partition coefficient (Wildman–Crippen LogP) is 5.93. The van der Waals surface area contributed by atoms with Crippen LogP contribution < -0.4 is 4.90 Å². The van der Waals surface area contributed by atoms with E-state index in [0.29, 0.717) is 22.7 Å². The third-order valence-corrected chi connectivity index (χ3v) is 4.70. The minimum Gasteiger partial charge on any atom is -0.481 e. The first-order valence-corrected chi connectivity index (χ1v) is 9.68. The molecule has 2 aromatic heterocycles. The van der Waals surface area contributed by atoms with Crippen molar-refractivity contribution in [3.63, 3.8) is 0 Å². The van der Waals surface area contributed by atoms with E-state index in [1.54, 1.807) is 0 Å². The lowest BCUT2D eigenvalue weighted by atomic mass is 10.1. The van der Waals surface area contributed by atoms with E-state index in [4.69, 9.17) is 14.3 Å². The summed E-state index contributed by atoms with van der Waals surface area (Å²) >= 11 is 0. The zero-order chi connectivity index (χ0) is 22.8. The third-order valence-electron chi connectivity index (χ3n) is 4.70. The Morgan fingerprint density at radius 2 is 1.74 bits per heavy atom. The number of oxazole rings is 1. The van der Waals surface area contributed by atoms with Gasteiger partial charge in [-0.05, 0) is 49.7 Å². The quantitative estimate of drug-likeness (QED) is 0.417. The molecule has 0 bridgehead atoms. The van der Waals surface area contributed by atoms with Gasteiger partial charge in [-0.15, -0.1) is 0 Å². The lowest BCUT2D eigenvalue weighted by Gasteiger charge is -2.14. The Morgan fingerprint density at radius 3 is 2.29 bits per heavy atom. The van der Waals surface area contributed by atoms with Gasteiger partial charge in [0.05, 0.1) is 11.1 Å². The molecule has 0 atom stereocenters. The number of hydrogen-bond donors (Lipinski definition) is 2. The fraction of sp³-hybridized carbons (Fsp3) is 0.273. The van der Waals surface area contributed by atoms with Crippen LogP contribution in [0.4, 0.5) is 19.2 Å². The molecule has 0 aliphatic carbocycles. The van der Waals surface area contributed by atoms with E-state index in [1.165, 1.54) is 12.1 Å². The van der Waals surface area contributed by atoms with Gasteiger partial charge >= 0.3 is 6.18 Å². The van der Waals surface area contributed by atoms with Crippen molar-refractivity contribution in [1.82, 2.24) is 9.97 Å². The number of carboxylic acid groups (broad SMARTS) is 1. The smallest absolute Gasteiger partial charge is 0.416 e. The first-order chi connectivity index (χ1) is 14.6. The van der Waals surface area contributed by atoms with Crippen molar-refractivity contribution in [2.24, 2.45) is 0 Å². The summed E-state index contributed by atoms with van der Waals surface area (Å²) in [5.41, 5.74) is 2.95. The molecule has 0 spiro atoms. The Hall–Kier alpha value is -3.49. The topological polar surface area (TPSA) is 82.4 Å². The van der Waals surface area contributed by atoms with Crippen LogP contribution in [-0.2, 0) is 11.0 Å². The van der Waals surface area contributed by atoms with Gasteiger partial charge in [-0.1, -0.05) is 12.1 Å². The maximum atomic E-state index is 12.8. The van der Waals surface area contributed by atoms with E-state index in [-0.39, 0.29) is 0 Å². The fourth-order valence-corrected chi connectivity index (χ4v) is 3.20. The number of anilines is 1. The molecule has 2 aromatic carbocycles. The van der Waals surface area contributed by atoms with Crippen molar-refractivity contribution >= 4 is 34.0 Å². The zero-order valence-corrected chi connectivity index (χ0v) is 17.2. The van der Waals surface area contributed by atoms with Crippen LogP contribution in [0.3, 0.4) is 0 Å². The van der Waals surface area contributed by atoms with Crippen molar-refractivity contribution < 1.29 is 27.5 Å². The van der Waals surface area contributed by atoms with E-state index >= 15 is 0 Å². The normalized spacial score (nSPS) is 11.4. The largest absolute Gasteiger partial charge is 0.481 e. The summed E-state index contributed by atoms with van der Waals surface area (Å²) in [4.78, 5) is 18.9. The summed E-state index contributed by atoms with van der Waals surface area (Å²) in [6, 6.07) is 11.4. The number of benzene rings is 2. The van der Waals surface area contributed by atoms with Crippen molar-refractivity contribution in [3.8, 4) is 11.3 Å². The number of nitrogens with one attached hydrogen (secondary N) is 1. The molecule has 2 N–H and O–H groups in total. The molecular weight excluding hydrogens is 411 g/mol. The van der Waals surface area contributed by atoms with Gasteiger partial charge in [0, 0.05) is 31.1 Å². The minimum absolute atomic E-state index is 0.563. The molecule has 0 saturated carbocycles. The molecule has 0 aliphatic rings. The Kier molecular flexibility index (Phi) is 6.24. The Balaban J connectivity index is 0.000000628. The molecule has 2 heterocycles. The summed E-state index contributed by atoms with van der Waals surface area (Å²) in [6.45, 7) is 6.72. The second-order valence-electron chi connectivity index (χ2n) is 6.82. The highest BCUT2D eigenvalue weighted by molar-refractivity contribution is 6.03. The molecule has 9 heteroatoms. The number of H-pyrrole nitrogens is 1. The number of alkyl halides is 3. The molecule has 164 valence electrons. The molecule has 4 rings (SSSR count). The van der Waals surface area contributed by atoms with Gasteiger partial charge in [0.2, 0.25) is 0 Å². The van der Waals surface area contributed by atoms with Crippen LogP contribution in [0.1, 0.15) is 26.3 Å². The standard InChI is InChI=1S/C20H18F3N3O.C2H4O2/c1-3-26(4-2)19-25-18-16(27-19)10-7-13-11-15(24-17(13)18)12-5-8-14(9-6-12)20(21,22)23;1-2(3)4/h5-11,24H,3-4H2,1-2H3;1H3,(H,3,4). The Labute approximate surface area is 176 Å². The van der Waals surface area contributed by atoms with Gasteiger partial charge in [0.25, 0.3) is 12.0 Å². The summed E-state index contributed by atoms with van der Waals surface area (Å²) in [5, 5.41) is 8.34. The molecular formula is C22H22F3N3O3. The van der Waals surface area contributed by atoms with E-state index in [0.717, 1.165) is 48.7 Å². The van der Waals surface area contributed by atoms with Crippen LogP contribution in [0.25, 0.3) is 33.3 Å². The maximum Gasteiger partial charge on any atom is 0.416 e. The first-order valence-electron chi connectivity index (χ1n) is 9.68. The van der Waals surface area contributed by atoms with Gasteiger partial charge < -0.3 is 19.4 Å². The number of aromatic amines is 1. The average Bonchev–Trinajstić information content (AvgIpc) is 3.32. The van der Waals surface area contributed by atoms with Crippen molar-refractivity contribution in [2.75, 3.05) is 18.0 Å². The maximum absolute atomic E-state index is 12.8. The summed E-state index contributed by atoms with van der Waals surface area (Å²) in [5.74, 6) is -0.833. The monoisotopic (exact) mass is 433 g/mol. The van der Waals surface area contributed by atoms with Crippen LogP contribution in [0, 0.1) is 0 Å². The van der Waals surface area contributed by atoms with E-state index in [9.17, 15) is 13.2 Å². The molecule has 0 saturated heterocycles. The number of aromatic nitrogens is 2. The van der Waals surface area contributed by atoms with Crippen LogP contribution in [-0.4, -0.2) is 34.1 Å². The highest BCUT2D eigenvalue weighted by Crippen LogP contribution is 2.34. The lowest BCUT2D eigenvalue weighted by molar-refractivity contribution is -0.137. The molecule has 0 fully saturated rings. The van der Waals surface area contributed by atoms with Crippen molar-refractivity contribution in [3.05, 3.63) is 48.0 Å². The van der Waals surface area contributed by atoms with Crippen molar-refractivity contribution in [2.45, 2.75) is 26.9 Å². The number of nitrogens with zero attached hydrogens (tertiary/aromatic N) is 2. The number of halogens is 3. The van der Waals surface area contributed by atoms with E-state index in [1.807, 2.05) is 36.9 Å². The van der Waals surface area contributed by atoms with Gasteiger partial charge in [0.1, 0.15) is 5.52 Å². The molecule has 0 amide bonds. The molecule has 4 aromatic rings. The number of aliphatic carboxylic acids is 1. The van der Waals surface area contributed by atoms with Gasteiger partial charge in [0.15, 0.2) is 5.58 Å². The molecule has 0 unspecified atom stereocenters. The number of carboxylic acids is 1. The van der Waals surface area contributed by atoms with E-state index in [2.05, 4.69) is 9.97 Å². The molecule has 0 radical (unpaired) electrons. The second-order valence-corrected chi connectivity index (χ2v) is 6.82. The average molecular weight is 433 g/mol. The van der Waals surface area contributed by atoms with E-state index < -0.39 is 17.7 Å². The van der Waals surface area contributed by atoms with Crippen molar-refractivity contribution in [1.29, 1.82) is 0 Å². The van der Waals surface area contributed by atoms with Gasteiger partial charge in [-0.3, -0.25) is 4.79 Å². The summed E-state index contributed by atoms with van der Waals surface area (Å²) < 4.78 is 44.1. The Morgan fingerprint density at radius 1 is 1.13 bits per heavy atom. The highest BCUT2D eigenvalue weighted by Gasteiger charge is 2.30. The van der Waals surface area contributed by atoms with Crippen LogP contribution >= 0.6 is 0 Å². The minimum atomic E-state index is -4.34. The van der Waals surface area contributed by atoms with Gasteiger partial charge in [-0.25, -0.2) is 0 Å². The number of fused-ring (bicyclic) bond motifs is 3. The first kappa shape index (κ1) is 22.2. The Bertz CT molecular complexity index is 1190. The van der Waals surface area contributed by atoms with Gasteiger partial charge in [-0.2, -0.15) is 18.2 Å². The summed E-state index contributed by atoms with van der Waals surface area (Å²) in [6.07, 6.45) is -4.34. The third kappa shape index (κ3) is 4.82. The van der Waals surface area contributed by atoms with Crippen LogP contribution in [0.2, 0.25) is 0 Å². The lowest BCUT2D eigenvalue weighted by Crippen LogP contribution is -2.21. The number of carbonyl (C=O) groups is 1. The summed E-state index contributed by atoms with van der Waals surface area (Å²) in [7, 11) is 0. The predicted molar refractivity (Wildman–Crippen MR) is 113 cm³/mol. The fourth-order valence-electron chi connectivity index (χ4n) is 3.20. The second kappa shape index (κ2) is 8.71. The van der Waals surface area contributed by atoms with Crippen LogP contribution in [0.5, 0.6) is 0 Å². The highest BCUT2D eigenvalue weighted by atomic mass is 19.4. The van der Waals surface area contributed by atoms with Crippen LogP contribution in [0.15, 0.2) is 46.9 Å². The number of rotatable bonds is 4. The molecule has 0 aliphatic heterocycles. The SMILES string of the molecule is CC(=O)O.CCN(CC)c1nc2c(ccc3cc(-c4ccc(C(F)(F)F)cc4)[nH]c32)o1. The zero-order valence-electron chi connectivity index (χ0n) is 17.2.